The second kappa shape index (κ2) is 34.4. The van der Waals surface area contributed by atoms with E-state index in [-0.39, 0.29) is 13.2 Å². The fourth-order valence-electron chi connectivity index (χ4n) is 5.98. The maximum atomic E-state index is 13.3. The molecule has 2 atom stereocenters. The van der Waals surface area contributed by atoms with Crippen molar-refractivity contribution >= 4 is 43.1 Å². The van der Waals surface area contributed by atoms with E-state index in [1.165, 1.54) is 12.8 Å². The summed E-state index contributed by atoms with van der Waals surface area (Å²) in [4.78, 5) is 51.5. The summed E-state index contributed by atoms with van der Waals surface area (Å²) in [7, 11) is 0. The molecule has 2 unspecified atom stereocenters. The van der Waals surface area contributed by atoms with Gasteiger partial charge in [0.05, 0.1) is 0 Å². The molecular weight excluding hydrogens is 759 g/mol. The number of rotatable bonds is 36. The minimum absolute atomic E-state index is 0.178. The normalized spacial score (nSPS) is 12.7. The second-order valence-corrected chi connectivity index (χ2v) is 23.4. The van der Waals surface area contributed by atoms with Crippen LogP contribution in [0, 0.1) is 0 Å². The Morgan fingerprint density at radius 3 is 1.02 bits per heavy atom. The zero-order chi connectivity index (χ0) is 38.0. The van der Waals surface area contributed by atoms with Crippen LogP contribution in [0.5, 0.6) is 0 Å². The molecule has 0 spiro atoms. The number of esters is 2. The van der Waals surface area contributed by atoms with Gasteiger partial charge in [-0.2, -0.15) is 0 Å². The van der Waals surface area contributed by atoms with Crippen LogP contribution in [0.1, 0.15) is 195 Å². The summed E-state index contributed by atoms with van der Waals surface area (Å²) >= 11 is -4.57. The van der Waals surface area contributed by atoms with Crippen LogP contribution in [-0.4, -0.2) is 78.7 Å². The molecule has 0 heterocycles. The molecule has 0 aliphatic rings. The molecule has 0 rings (SSSR count). The Balaban J connectivity index is 5.53. The van der Waals surface area contributed by atoms with Crippen molar-refractivity contribution < 1.29 is 45.0 Å². The number of carbonyl (C=O) groups excluding carboxylic acids is 4. The van der Waals surface area contributed by atoms with E-state index in [1.807, 2.05) is 0 Å². The summed E-state index contributed by atoms with van der Waals surface area (Å²) < 4.78 is 23.5. The van der Waals surface area contributed by atoms with E-state index >= 15 is 0 Å². The van der Waals surface area contributed by atoms with Gasteiger partial charge in [-0.05, 0) is 0 Å². The van der Waals surface area contributed by atoms with E-state index in [4.69, 9.17) is 15.6 Å². The number of aliphatic hydroxyl groups excluding tert-OH is 2. The van der Waals surface area contributed by atoms with Gasteiger partial charge in [-0.15, -0.1) is 0 Å². The summed E-state index contributed by atoms with van der Waals surface area (Å²) in [6, 6.07) is 0. The van der Waals surface area contributed by atoms with E-state index in [2.05, 4.69) is 27.7 Å². The van der Waals surface area contributed by atoms with Gasteiger partial charge in [-0.3, -0.25) is 0 Å². The van der Waals surface area contributed by atoms with Gasteiger partial charge in [0.1, 0.15) is 0 Å². The first-order valence-electron chi connectivity index (χ1n) is 20.8. The van der Waals surface area contributed by atoms with Crippen LogP contribution in [0.15, 0.2) is 0 Å². The van der Waals surface area contributed by atoms with Gasteiger partial charge in [0, 0.05) is 0 Å². The predicted molar refractivity (Wildman–Crippen MR) is 204 cm³/mol. The number of hydrogen-bond acceptors (Lipinski definition) is 10. The fraction of sp³-hybridized carbons (Fsp3) is 0.900. The second-order valence-electron chi connectivity index (χ2n) is 14.2. The molecule has 0 aliphatic heterocycles. The van der Waals surface area contributed by atoms with Crippen LogP contribution in [0.25, 0.3) is 0 Å². The summed E-state index contributed by atoms with van der Waals surface area (Å²) in [5.74, 6) is -3.32. The zero-order valence-electron chi connectivity index (χ0n) is 33.0. The van der Waals surface area contributed by atoms with Gasteiger partial charge in [-0.25, -0.2) is 0 Å². The molecule has 10 nitrogen and oxygen atoms in total. The van der Waals surface area contributed by atoms with Gasteiger partial charge in [0.15, 0.2) is 0 Å². The molecule has 0 fully saturated rings. The van der Waals surface area contributed by atoms with Crippen molar-refractivity contribution in [1.82, 2.24) is 0 Å². The third-order valence-electron chi connectivity index (χ3n) is 9.17. The van der Waals surface area contributed by atoms with Crippen molar-refractivity contribution in [3.05, 3.63) is 0 Å². The van der Waals surface area contributed by atoms with Gasteiger partial charge in [-0.1, -0.05) is 26.7 Å². The molecule has 0 radical (unpaired) electrons. The topological polar surface area (TPSA) is 146 Å². The summed E-state index contributed by atoms with van der Waals surface area (Å²) in [6.45, 7) is 8.96. The maximum absolute atomic E-state index is 13.3. The molecule has 0 amide bonds. The molecule has 0 saturated carbocycles. The monoisotopic (exact) mass is 836 g/mol. The van der Waals surface area contributed by atoms with Gasteiger partial charge < -0.3 is 0 Å². The minimum Gasteiger partial charge on any atom is -0.0654 e. The third-order valence-corrected chi connectivity index (χ3v) is 19.0. The van der Waals surface area contributed by atoms with Gasteiger partial charge >= 0.3 is 290 Å². The van der Waals surface area contributed by atoms with Crippen molar-refractivity contribution in [3.63, 3.8) is 0 Å². The molecule has 0 aromatic heterocycles. The molecule has 0 saturated heterocycles. The summed E-state index contributed by atoms with van der Waals surface area (Å²) in [5, 5.41) is 21.0. The molecule has 2 N–H and O–H groups in total. The van der Waals surface area contributed by atoms with Crippen LogP contribution in [0.3, 0.4) is 0 Å². The van der Waals surface area contributed by atoms with Crippen LogP contribution in [0.2, 0.25) is 8.87 Å². The molecule has 11 heteroatoms. The molecule has 0 aromatic carbocycles. The SMILES string of the molecule is CCCCCCCCOC(=O)C(O)CC(=O)[O][Sn]([CH2]CCCCCCC)([CH2]CCCCCCC)[O]C(=O)CC(O)C(=O)OCCCCCCCC. The van der Waals surface area contributed by atoms with Crippen LogP contribution >= 0.6 is 0 Å². The number of unbranched alkanes of at least 4 members (excludes halogenated alkanes) is 20. The zero-order valence-corrected chi connectivity index (χ0v) is 35.9. The molecule has 51 heavy (non-hydrogen) atoms. The fourth-order valence-corrected chi connectivity index (χ4v) is 15.3. The third kappa shape index (κ3) is 28.7. The number of ether oxygens (including phenoxy) is 2. The predicted octanol–water partition coefficient (Wildman–Crippen LogP) is 9.55. The van der Waals surface area contributed by atoms with E-state index in [0.717, 1.165) is 116 Å². The minimum atomic E-state index is -4.57. The number of carbonyl (C=O) groups is 4. The van der Waals surface area contributed by atoms with Crippen LogP contribution in [0.4, 0.5) is 0 Å². The molecule has 0 aliphatic carbocycles. The molecule has 0 bridgehead atoms. The number of aliphatic hydroxyl groups is 2. The molecular formula is C40H76O10Sn. The first-order valence-corrected chi connectivity index (χ1v) is 27.1. The standard InChI is InChI=1S/2C12H22O5.2C8H17.Sn/c2*1-2-3-4-5-6-7-8-17-12(16)10(13)9-11(14)15;2*1-3-5-7-8-6-4-2;/h2*10,13H,2-9H2,1H3,(H,14,15);2*1,3-8H2,2H3;/q;;;;+2/p-2. The van der Waals surface area contributed by atoms with Gasteiger partial charge in [0.25, 0.3) is 0 Å². The van der Waals surface area contributed by atoms with Crippen molar-refractivity contribution in [3.8, 4) is 0 Å². The van der Waals surface area contributed by atoms with E-state index in [9.17, 15) is 29.4 Å². The number of hydrogen-bond donors (Lipinski definition) is 2. The van der Waals surface area contributed by atoms with E-state index in [1.54, 1.807) is 0 Å². The van der Waals surface area contributed by atoms with Gasteiger partial charge in [0.2, 0.25) is 0 Å². The Morgan fingerprint density at radius 1 is 0.431 bits per heavy atom. The van der Waals surface area contributed by atoms with Crippen molar-refractivity contribution in [2.45, 2.75) is 216 Å². The smallest absolute Gasteiger partial charge is 0.0654 e. The first kappa shape index (κ1) is 49.6. The quantitative estimate of drug-likeness (QED) is 0.0356. The van der Waals surface area contributed by atoms with Crippen molar-refractivity contribution in [2.75, 3.05) is 13.2 Å². The Morgan fingerprint density at radius 2 is 0.706 bits per heavy atom. The first-order chi connectivity index (χ1) is 24.6. The van der Waals surface area contributed by atoms with E-state index < -0.39 is 68.1 Å². The Labute approximate surface area is 315 Å². The average Bonchev–Trinajstić information content (AvgIpc) is 3.10. The summed E-state index contributed by atoms with van der Waals surface area (Å²) in [6.07, 6.45) is 19.7. The average molecular weight is 836 g/mol. The van der Waals surface area contributed by atoms with Crippen molar-refractivity contribution in [2.24, 2.45) is 0 Å². The van der Waals surface area contributed by atoms with E-state index in [0.29, 0.717) is 34.6 Å². The molecule has 300 valence electrons. The Kier molecular flexibility index (Phi) is 33.4. The van der Waals surface area contributed by atoms with Crippen LogP contribution < -0.4 is 0 Å². The Hall–Kier alpha value is -1.40. The van der Waals surface area contributed by atoms with Crippen molar-refractivity contribution in [1.29, 1.82) is 0 Å². The molecule has 0 aromatic rings. The van der Waals surface area contributed by atoms with Crippen LogP contribution in [-0.2, 0) is 34.8 Å². The summed E-state index contributed by atoms with van der Waals surface area (Å²) in [5.41, 5.74) is 0. The Bertz CT molecular complexity index is 813.